The maximum atomic E-state index is 13.3. The minimum absolute atomic E-state index is 0.0661. The highest BCUT2D eigenvalue weighted by molar-refractivity contribution is 5.78. The number of allylic oxidation sites excluding steroid dienone is 1. The molecule has 4 unspecified atom stereocenters. The van der Waals surface area contributed by atoms with Crippen LogP contribution in [0.4, 0.5) is 0 Å². The number of aliphatic hydroxyl groups excluding tert-OH is 1. The van der Waals surface area contributed by atoms with E-state index >= 15 is 0 Å². The minimum Gasteiger partial charge on any atom is -0.393 e. The summed E-state index contributed by atoms with van der Waals surface area (Å²) >= 11 is 0. The van der Waals surface area contributed by atoms with Gasteiger partial charge in [-0.3, -0.25) is 9.69 Å². The van der Waals surface area contributed by atoms with Crippen LogP contribution >= 0.6 is 0 Å². The lowest BCUT2D eigenvalue weighted by molar-refractivity contribution is -0.129. The number of nitrogens with zero attached hydrogens (tertiary/aromatic N) is 1. The minimum atomic E-state index is -0.139. The van der Waals surface area contributed by atoms with E-state index in [9.17, 15) is 9.90 Å². The van der Waals surface area contributed by atoms with Gasteiger partial charge in [0.25, 0.3) is 0 Å². The Kier molecular flexibility index (Phi) is 9.23. The van der Waals surface area contributed by atoms with Crippen molar-refractivity contribution >= 4 is 5.91 Å². The summed E-state index contributed by atoms with van der Waals surface area (Å²) in [6.45, 7) is 15.3. The molecule has 8 atom stereocenters. The molecule has 0 bridgehead atoms. The molecule has 36 heavy (non-hydrogen) atoms. The average molecular weight is 503 g/mol. The zero-order chi connectivity index (χ0) is 25.9. The fraction of sp³-hybridized carbons (Fsp3) is 0.900. The Morgan fingerprint density at radius 2 is 1.92 bits per heavy atom. The number of aliphatic hydroxyl groups is 1. The molecule has 3 saturated carbocycles. The summed E-state index contributed by atoms with van der Waals surface area (Å²) in [4.78, 5) is 15.6. The molecule has 0 radical (unpaired) electrons. The molecule has 5 N–H and O–H groups in total. The van der Waals surface area contributed by atoms with Crippen LogP contribution in [0.5, 0.6) is 0 Å². The number of amides is 1. The molecule has 206 valence electrons. The Bertz CT molecular complexity index is 787. The lowest BCUT2D eigenvalue weighted by Crippen LogP contribution is -2.51. The Balaban J connectivity index is 1.35. The van der Waals surface area contributed by atoms with Gasteiger partial charge < -0.3 is 21.5 Å². The number of carbonyl (C=O) groups excluding carboxylic acids is 1. The summed E-state index contributed by atoms with van der Waals surface area (Å²) in [7, 11) is 0. The van der Waals surface area contributed by atoms with Gasteiger partial charge in [-0.2, -0.15) is 0 Å². The summed E-state index contributed by atoms with van der Waals surface area (Å²) in [5.74, 6) is 3.00. The van der Waals surface area contributed by atoms with Crippen LogP contribution in [0.2, 0.25) is 0 Å². The number of hydrogen-bond donors (Lipinski definition) is 4. The third-order valence-electron chi connectivity index (χ3n) is 11.2. The molecular weight excluding hydrogens is 448 g/mol. The number of rotatable bonds is 11. The van der Waals surface area contributed by atoms with Crippen molar-refractivity contribution < 1.29 is 9.90 Å². The lowest BCUT2D eigenvalue weighted by Gasteiger charge is -2.58. The largest absolute Gasteiger partial charge is 0.393 e. The first-order valence-electron chi connectivity index (χ1n) is 15.0. The highest BCUT2D eigenvalue weighted by Crippen LogP contribution is 2.67. The van der Waals surface area contributed by atoms with Crippen molar-refractivity contribution in [2.75, 3.05) is 45.8 Å². The van der Waals surface area contributed by atoms with Crippen molar-refractivity contribution in [3.05, 3.63) is 11.6 Å². The van der Waals surface area contributed by atoms with Crippen molar-refractivity contribution in [3.8, 4) is 0 Å². The number of hydrogen-bond acceptors (Lipinski definition) is 5. The summed E-state index contributed by atoms with van der Waals surface area (Å²) in [6, 6.07) is 0. The van der Waals surface area contributed by atoms with Crippen LogP contribution in [0.25, 0.3) is 0 Å². The van der Waals surface area contributed by atoms with Gasteiger partial charge in [-0.25, -0.2) is 0 Å². The summed E-state index contributed by atoms with van der Waals surface area (Å²) in [5.41, 5.74) is 7.90. The molecule has 6 heteroatoms. The average Bonchev–Trinajstić information content (AvgIpc) is 3.21. The highest BCUT2D eigenvalue weighted by atomic mass is 16.3. The Hall–Kier alpha value is -0.950. The van der Waals surface area contributed by atoms with Gasteiger partial charge in [0.1, 0.15) is 0 Å². The Morgan fingerprint density at radius 3 is 2.67 bits per heavy atom. The topological polar surface area (TPSA) is 90.6 Å². The van der Waals surface area contributed by atoms with Gasteiger partial charge in [0.2, 0.25) is 5.91 Å². The smallest absolute Gasteiger partial charge is 0.223 e. The van der Waals surface area contributed by atoms with Crippen molar-refractivity contribution in [2.45, 2.75) is 85.2 Å². The molecule has 0 aliphatic heterocycles. The molecule has 6 nitrogen and oxygen atoms in total. The van der Waals surface area contributed by atoms with E-state index in [1.54, 1.807) is 5.57 Å². The van der Waals surface area contributed by atoms with Gasteiger partial charge in [-0.1, -0.05) is 39.3 Å². The fourth-order valence-electron chi connectivity index (χ4n) is 9.12. The van der Waals surface area contributed by atoms with E-state index in [4.69, 9.17) is 5.73 Å². The van der Waals surface area contributed by atoms with E-state index in [1.165, 1.54) is 32.1 Å². The van der Waals surface area contributed by atoms with Crippen molar-refractivity contribution in [1.29, 1.82) is 0 Å². The predicted octanol–water partition coefficient (Wildman–Crippen LogP) is 3.55. The van der Waals surface area contributed by atoms with Crippen LogP contribution in [0, 0.1) is 40.4 Å². The van der Waals surface area contributed by atoms with Crippen LogP contribution in [0.3, 0.4) is 0 Å². The number of fused-ring (bicyclic) bond motifs is 5. The zero-order valence-electron chi connectivity index (χ0n) is 23.5. The van der Waals surface area contributed by atoms with Crippen molar-refractivity contribution in [3.63, 3.8) is 0 Å². The van der Waals surface area contributed by atoms with Crippen LogP contribution in [0.1, 0.15) is 79.1 Å². The zero-order valence-corrected chi connectivity index (χ0v) is 23.5. The maximum absolute atomic E-state index is 13.3. The number of carbonyl (C=O) groups is 1. The monoisotopic (exact) mass is 502 g/mol. The number of nitrogens with two attached hydrogens (primary N) is 1. The van der Waals surface area contributed by atoms with Crippen LogP contribution < -0.4 is 16.4 Å². The molecular formula is C30H54N4O2. The van der Waals surface area contributed by atoms with E-state index in [0.29, 0.717) is 19.0 Å². The molecule has 4 aliphatic carbocycles. The van der Waals surface area contributed by atoms with Crippen molar-refractivity contribution in [1.82, 2.24) is 15.5 Å². The second-order valence-corrected chi connectivity index (χ2v) is 12.9. The number of likely N-dealkylation sites (N-methyl/N-ethyl adjacent to an activating group) is 1. The van der Waals surface area contributed by atoms with E-state index in [2.05, 4.69) is 49.3 Å². The summed E-state index contributed by atoms with van der Waals surface area (Å²) in [6.07, 6.45) is 11.5. The van der Waals surface area contributed by atoms with Crippen LogP contribution in [-0.2, 0) is 4.79 Å². The predicted molar refractivity (Wildman–Crippen MR) is 147 cm³/mol. The first kappa shape index (κ1) is 28.1. The maximum Gasteiger partial charge on any atom is 0.223 e. The van der Waals surface area contributed by atoms with Crippen LogP contribution in [0.15, 0.2) is 11.6 Å². The Labute approximate surface area is 220 Å². The van der Waals surface area contributed by atoms with E-state index < -0.39 is 0 Å². The standard InChI is InChI=1S/C30H54N4O2/c1-5-32-15-18-34(17-14-31)19-16-33-28(36)21(2)25-8-9-26-24-7-6-22-20-23(35)10-12-29(22,3)27(24)11-13-30(25,26)4/h6,21,23-27,32,35H,5,7-20,31H2,1-4H3,(H,33,36)/t21-,23?,24?,25+,26-,27-,29?,30?/m0/s1. The first-order valence-corrected chi connectivity index (χ1v) is 15.0. The van der Waals surface area contributed by atoms with E-state index in [0.717, 1.165) is 69.7 Å². The summed E-state index contributed by atoms with van der Waals surface area (Å²) < 4.78 is 0. The molecule has 0 spiro atoms. The third kappa shape index (κ3) is 5.43. The quantitative estimate of drug-likeness (QED) is 0.256. The normalized spacial score (nSPS) is 38.6. The molecule has 3 fully saturated rings. The fourth-order valence-corrected chi connectivity index (χ4v) is 9.12. The van der Waals surface area contributed by atoms with Gasteiger partial charge in [0.15, 0.2) is 0 Å². The molecule has 0 saturated heterocycles. The van der Waals surface area contributed by atoms with Gasteiger partial charge in [-0.15, -0.1) is 0 Å². The van der Waals surface area contributed by atoms with Crippen LogP contribution in [-0.4, -0.2) is 67.8 Å². The highest BCUT2D eigenvalue weighted by Gasteiger charge is 2.59. The van der Waals surface area contributed by atoms with E-state index in [-0.39, 0.29) is 28.8 Å². The Morgan fingerprint density at radius 1 is 1.14 bits per heavy atom. The first-order chi connectivity index (χ1) is 17.2. The summed E-state index contributed by atoms with van der Waals surface area (Å²) in [5, 5.41) is 16.9. The van der Waals surface area contributed by atoms with Gasteiger partial charge in [0, 0.05) is 45.2 Å². The molecule has 0 aromatic carbocycles. The third-order valence-corrected chi connectivity index (χ3v) is 11.2. The lowest BCUT2D eigenvalue weighted by atomic mass is 9.47. The van der Waals surface area contributed by atoms with Gasteiger partial charge in [-0.05, 0) is 92.4 Å². The second-order valence-electron chi connectivity index (χ2n) is 12.9. The molecule has 0 aromatic heterocycles. The molecule has 0 aromatic rings. The molecule has 4 aliphatic rings. The number of nitrogens with one attached hydrogen (secondary N) is 2. The van der Waals surface area contributed by atoms with E-state index in [1.807, 2.05) is 0 Å². The van der Waals surface area contributed by atoms with Crippen molar-refractivity contribution in [2.24, 2.45) is 46.2 Å². The van der Waals surface area contributed by atoms with Gasteiger partial charge in [0.05, 0.1) is 6.10 Å². The molecule has 0 heterocycles. The van der Waals surface area contributed by atoms with Gasteiger partial charge >= 0.3 is 0 Å². The molecule has 1 amide bonds. The molecule has 4 rings (SSSR count). The second kappa shape index (κ2) is 11.8. The SMILES string of the molecule is CCNCCN(CCN)CCNC(=O)[C@@H](C)[C@H]1CC[C@H]2C3CC=C4CC(O)CCC4(C)[C@H]3CCC12C.